The Morgan fingerprint density at radius 3 is 2.62 bits per heavy atom. The van der Waals surface area contributed by atoms with E-state index in [9.17, 15) is 9.59 Å². The van der Waals surface area contributed by atoms with Gasteiger partial charge in [0.15, 0.2) is 0 Å². The highest BCUT2D eigenvalue weighted by atomic mass is 16.4. The molecule has 0 aromatic heterocycles. The third-order valence-electron chi connectivity index (χ3n) is 3.39. The van der Waals surface area contributed by atoms with Gasteiger partial charge in [0.05, 0.1) is 0 Å². The molecule has 116 valence electrons. The first-order valence-corrected chi connectivity index (χ1v) is 7.36. The second-order valence-corrected chi connectivity index (χ2v) is 5.11. The van der Waals surface area contributed by atoms with Crippen LogP contribution in [0.2, 0.25) is 0 Å². The summed E-state index contributed by atoms with van der Waals surface area (Å²) in [4.78, 5) is 22.7. The minimum absolute atomic E-state index is 0.424. The predicted octanol–water partition coefficient (Wildman–Crippen LogP) is 2.48. The minimum Gasteiger partial charge on any atom is -0.480 e. The highest BCUT2D eigenvalue weighted by Gasteiger charge is 2.18. The number of hydrogen-bond acceptors (Lipinski definition) is 2. The first-order chi connectivity index (χ1) is 10.0. The molecule has 1 rings (SSSR count). The van der Waals surface area contributed by atoms with E-state index >= 15 is 0 Å². The number of nitrogens with one attached hydrogen (secondary N) is 2. The number of carboxylic acids is 1. The molecule has 5 heteroatoms. The van der Waals surface area contributed by atoms with E-state index in [0.29, 0.717) is 13.0 Å². The number of benzene rings is 1. The molecule has 0 saturated heterocycles. The van der Waals surface area contributed by atoms with E-state index in [2.05, 4.69) is 10.6 Å². The number of rotatable bonds is 8. The van der Waals surface area contributed by atoms with Crippen molar-refractivity contribution in [2.45, 2.75) is 45.6 Å². The number of unbranched alkanes of at least 4 members (excludes halogenated alkanes) is 1. The van der Waals surface area contributed by atoms with Gasteiger partial charge in [-0.05, 0) is 30.9 Å². The van der Waals surface area contributed by atoms with Gasteiger partial charge in [-0.3, -0.25) is 0 Å². The van der Waals surface area contributed by atoms with Crippen LogP contribution in [0.3, 0.4) is 0 Å². The molecule has 0 saturated carbocycles. The van der Waals surface area contributed by atoms with E-state index in [4.69, 9.17) is 5.11 Å². The summed E-state index contributed by atoms with van der Waals surface area (Å²) in [5, 5.41) is 14.3. The summed E-state index contributed by atoms with van der Waals surface area (Å²) in [6.07, 6.45) is 2.87. The standard InChI is InChI=1S/C16H24N2O3/c1-3-4-9-14(15(19)20)18-16(21)17-11-10-13-8-6-5-7-12(13)2/h5-8,14H,3-4,9-11H2,1-2H3,(H,19,20)(H2,17,18,21). The molecule has 0 fully saturated rings. The maximum Gasteiger partial charge on any atom is 0.326 e. The summed E-state index contributed by atoms with van der Waals surface area (Å²) < 4.78 is 0. The lowest BCUT2D eigenvalue weighted by atomic mass is 10.1. The van der Waals surface area contributed by atoms with Gasteiger partial charge in [-0.15, -0.1) is 0 Å². The average molecular weight is 292 g/mol. The maximum atomic E-state index is 11.7. The smallest absolute Gasteiger partial charge is 0.326 e. The van der Waals surface area contributed by atoms with Gasteiger partial charge in [-0.1, -0.05) is 44.0 Å². The van der Waals surface area contributed by atoms with Crippen LogP contribution in [-0.2, 0) is 11.2 Å². The van der Waals surface area contributed by atoms with Crippen molar-refractivity contribution >= 4 is 12.0 Å². The van der Waals surface area contributed by atoms with Crippen LogP contribution in [0.15, 0.2) is 24.3 Å². The molecule has 1 unspecified atom stereocenters. The average Bonchev–Trinajstić information content (AvgIpc) is 2.45. The van der Waals surface area contributed by atoms with Crippen molar-refractivity contribution in [3.63, 3.8) is 0 Å². The predicted molar refractivity (Wildman–Crippen MR) is 82.4 cm³/mol. The van der Waals surface area contributed by atoms with Crippen molar-refractivity contribution in [1.82, 2.24) is 10.6 Å². The number of amides is 2. The molecule has 1 aromatic carbocycles. The van der Waals surface area contributed by atoms with Crippen LogP contribution in [0.1, 0.15) is 37.3 Å². The number of carbonyl (C=O) groups is 2. The van der Waals surface area contributed by atoms with E-state index in [1.807, 2.05) is 38.1 Å². The number of aliphatic carboxylic acids is 1. The van der Waals surface area contributed by atoms with Crippen LogP contribution in [0, 0.1) is 6.92 Å². The van der Waals surface area contributed by atoms with Crippen LogP contribution < -0.4 is 10.6 Å². The maximum absolute atomic E-state index is 11.7. The first kappa shape index (κ1) is 17.0. The topological polar surface area (TPSA) is 78.4 Å². The summed E-state index contributed by atoms with van der Waals surface area (Å²) in [5.41, 5.74) is 2.37. The molecule has 0 heterocycles. The van der Waals surface area contributed by atoms with Crippen molar-refractivity contribution in [3.8, 4) is 0 Å². The lowest BCUT2D eigenvalue weighted by Gasteiger charge is -2.15. The molecule has 0 aliphatic heterocycles. The minimum atomic E-state index is -0.988. The fourth-order valence-corrected chi connectivity index (χ4v) is 2.08. The monoisotopic (exact) mass is 292 g/mol. The molecule has 3 N–H and O–H groups in total. The second kappa shape index (κ2) is 9.00. The number of hydrogen-bond donors (Lipinski definition) is 3. The van der Waals surface area contributed by atoms with Crippen molar-refractivity contribution in [2.75, 3.05) is 6.54 Å². The summed E-state index contributed by atoms with van der Waals surface area (Å²) >= 11 is 0. The Hall–Kier alpha value is -2.04. The number of carbonyl (C=O) groups excluding carboxylic acids is 1. The van der Waals surface area contributed by atoms with Crippen LogP contribution in [-0.4, -0.2) is 29.7 Å². The number of carboxylic acid groups (broad SMARTS) is 1. The fourth-order valence-electron chi connectivity index (χ4n) is 2.08. The Kier molecular flexibility index (Phi) is 7.29. The Balaban J connectivity index is 2.36. The van der Waals surface area contributed by atoms with E-state index in [1.54, 1.807) is 0 Å². The normalized spacial score (nSPS) is 11.7. The molecule has 1 atom stereocenters. The quantitative estimate of drug-likeness (QED) is 0.688. The first-order valence-electron chi connectivity index (χ1n) is 7.36. The lowest BCUT2D eigenvalue weighted by Crippen LogP contribution is -2.46. The summed E-state index contributed by atoms with van der Waals surface area (Å²) in [6.45, 7) is 4.50. The van der Waals surface area contributed by atoms with Gasteiger partial charge < -0.3 is 15.7 Å². The van der Waals surface area contributed by atoms with Gasteiger partial charge >= 0.3 is 12.0 Å². The molecule has 0 aliphatic carbocycles. The Labute approximate surface area is 125 Å². The molecule has 0 bridgehead atoms. The van der Waals surface area contributed by atoms with Crippen molar-refractivity contribution in [1.29, 1.82) is 0 Å². The number of urea groups is 1. The zero-order valence-corrected chi connectivity index (χ0v) is 12.7. The lowest BCUT2D eigenvalue weighted by molar-refractivity contribution is -0.139. The van der Waals surface area contributed by atoms with Crippen molar-refractivity contribution < 1.29 is 14.7 Å². The molecule has 5 nitrogen and oxygen atoms in total. The second-order valence-electron chi connectivity index (χ2n) is 5.11. The van der Waals surface area contributed by atoms with Crippen molar-refractivity contribution in [2.24, 2.45) is 0 Å². The van der Waals surface area contributed by atoms with Crippen LogP contribution in [0.5, 0.6) is 0 Å². The van der Waals surface area contributed by atoms with Crippen molar-refractivity contribution in [3.05, 3.63) is 35.4 Å². The largest absolute Gasteiger partial charge is 0.480 e. The third-order valence-corrected chi connectivity index (χ3v) is 3.39. The van der Waals surface area contributed by atoms with E-state index in [-0.39, 0.29) is 0 Å². The zero-order chi connectivity index (χ0) is 15.7. The molecule has 21 heavy (non-hydrogen) atoms. The van der Waals surface area contributed by atoms with E-state index in [0.717, 1.165) is 19.3 Å². The molecular weight excluding hydrogens is 268 g/mol. The summed E-state index contributed by atoms with van der Waals surface area (Å²) in [5.74, 6) is -0.988. The Bertz CT molecular complexity index is 474. The third kappa shape index (κ3) is 6.29. The van der Waals surface area contributed by atoms with Gasteiger partial charge in [-0.2, -0.15) is 0 Å². The van der Waals surface area contributed by atoms with Gasteiger partial charge in [0.1, 0.15) is 6.04 Å². The highest BCUT2D eigenvalue weighted by molar-refractivity contribution is 5.82. The SMILES string of the molecule is CCCCC(NC(=O)NCCc1ccccc1C)C(=O)O. The molecular formula is C16H24N2O3. The Morgan fingerprint density at radius 1 is 1.29 bits per heavy atom. The van der Waals surface area contributed by atoms with Crippen LogP contribution >= 0.6 is 0 Å². The fraction of sp³-hybridized carbons (Fsp3) is 0.500. The van der Waals surface area contributed by atoms with Gasteiger partial charge in [0, 0.05) is 6.54 Å². The molecule has 0 aliphatic rings. The van der Waals surface area contributed by atoms with E-state index in [1.165, 1.54) is 11.1 Å². The Morgan fingerprint density at radius 2 is 2.00 bits per heavy atom. The van der Waals surface area contributed by atoms with Crippen LogP contribution in [0.4, 0.5) is 4.79 Å². The zero-order valence-electron chi connectivity index (χ0n) is 12.7. The van der Waals surface area contributed by atoms with Gasteiger partial charge in [-0.25, -0.2) is 9.59 Å². The number of aryl methyl sites for hydroxylation is 1. The molecule has 1 aromatic rings. The van der Waals surface area contributed by atoms with Gasteiger partial charge in [0.2, 0.25) is 0 Å². The van der Waals surface area contributed by atoms with Crippen LogP contribution in [0.25, 0.3) is 0 Å². The van der Waals surface area contributed by atoms with E-state index < -0.39 is 18.0 Å². The molecule has 0 spiro atoms. The highest BCUT2D eigenvalue weighted by Crippen LogP contribution is 2.06. The summed E-state index contributed by atoms with van der Waals surface area (Å²) in [7, 11) is 0. The molecule has 2 amide bonds. The molecule has 0 radical (unpaired) electrons. The van der Waals surface area contributed by atoms with Gasteiger partial charge in [0.25, 0.3) is 0 Å². The summed E-state index contributed by atoms with van der Waals surface area (Å²) in [6, 6.07) is 6.75.